The predicted molar refractivity (Wildman–Crippen MR) is 87.9 cm³/mol. The van der Waals surface area contributed by atoms with Crippen molar-refractivity contribution in [2.24, 2.45) is 0 Å². The maximum Gasteiger partial charge on any atom is 0.204 e. The number of halogens is 1. The zero-order chi connectivity index (χ0) is 15.4. The quantitative estimate of drug-likeness (QED) is 0.676. The highest BCUT2D eigenvalue weighted by molar-refractivity contribution is 6.31. The second-order valence-electron chi connectivity index (χ2n) is 6.23. The summed E-state index contributed by atoms with van der Waals surface area (Å²) in [7, 11) is 0. The van der Waals surface area contributed by atoms with Crippen molar-refractivity contribution in [1.29, 1.82) is 0 Å². The fourth-order valence-electron chi connectivity index (χ4n) is 3.79. The number of aromatic nitrogens is 5. The highest BCUT2D eigenvalue weighted by atomic mass is 35.5. The molecule has 23 heavy (non-hydrogen) atoms. The number of fused-ring (bicyclic) bond motifs is 4. The second kappa shape index (κ2) is 5.01. The van der Waals surface area contributed by atoms with Crippen LogP contribution in [0.15, 0.2) is 18.6 Å². The van der Waals surface area contributed by atoms with Gasteiger partial charge in [0.1, 0.15) is 6.33 Å². The monoisotopic (exact) mass is 329 g/mol. The third-order valence-corrected chi connectivity index (χ3v) is 5.13. The van der Waals surface area contributed by atoms with Crippen LogP contribution in [-0.2, 0) is 0 Å². The van der Waals surface area contributed by atoms with Gasteiger partial charge in [-0.3, -0.25) is 9.30 Å². The molecule has 5 rings (SSSR count). The predicted octanol–water partition coefficient (Wildman–Crippen LogP) is 1.61. The van der Waals surface area contributed by atoms with Crippen LogP contribution in [0, 0.1) is 0 Å². The van der Waals surface area contributed by atoms with Gasteiger partial charge in [-0.15, -0.1) is 10.2 Å². The van der Waals surface area contributed by atoms with E-state index < -0.39 is 0 Å². The van der Waals surface area contributed by atoms with Crippen molar-refractivity contribution in [2.45, 2.75) is 18.9 Å². The fourth-order valence-corrected chi connectivity index (χ4v) is 3.95. The van der Waals surface area contributed by atoms with Crippen molar-refractivity contribution < 1.29 is 0 Å². The molecule has 2 aliphatic rings. The first kappa shape index (κ1) is 13.4. The molecule has 1 atom stereocenters. The average molecular weight is 330 g/mol. The summed E-state index contributed by atoms with van der Waals surface area (Å²) in [5, 5.41) is 8.94. The normalized spacial score (nSPS) is 22.1. The first-order valence-electron chi connectivity index (χ1n) is 7.93. The number of nitrogens with zero attached hydrogens (tertiary/aromatic N) is 7. The summed E-state index contributed by atoms with van der Waals surface area (Å²) < 4.78 is 1.93. The molecule has 0 aliphatic carbocycles. The minimum atomic E-state index is 0.585. The van der Waals surface area contributed by atoms with Crippen molar-refractivity contribution in [3.63, 3.8) is 0 Å². The Morgan fingerprint density at radius 3 is 3.13 bits per heavy atom. The molecule has 2 saturated heterocycles. The molecule has 0 N–H and O–H groups in total. The van der Waals surface area contributed by atoms with Crippen molar-refractivity contribution in [1.82, 2.24) is 29.5 Å². The van der Waals surface area contributed by atoms with Crippen molar-refractivity contribution in [3.8, 4) is 0 Å². The van der Waals surface area contributed by atoms with Gasteiger partial charge in [0.15, 0.2) is 11.5 Å². The smallest absolute Gasteiger partial charge is 0.204 e. The molecule has 0 spiro atoms. The maximum atomic E-state index is 6.08. The van der Waals surface area contributed by atoms with Gasteiger partial charge >= 0.3 is 0 Å². The van der Waals surface area contributed by atoms with E-state index in [1.54, 1.807) is 12.5 Å². The average Bonchev–Trinajstić information content (AvgIpc) is 3.22. The van der Waals surface area contributed by atoms with E-state index in [1.165, 1.54) is 19.4 Å². The van der Waals surface area contributed by atoms with Gasteiger partial charge in [-0.2, -0.15) is 0 Å². The Labute approximate surface area is 137 Å². The molecule has 2 fully saturated rings. The number of piperazine rings is 1. The Bertz CT molecular complexity index is 892. The molecule has 1 unspecified atom stereocenters. The molecule has 3 aromatic heterocycles. The molecule has 5 heterocycles. The van der Waals surface area contributed by atoms with Crippen LogP contribution >= 0.6 is 11.6 Å². The molecular formula is C15H16ClN7. The van der Waals surface area contributed by atoms with Crippen LogP contribution in [0.1, 0.15) is 12.8 Å². The molecule has 0 radical (unpaired) electrons. The van der Waals surface area contributed by atoms with E-state index in [0.29, 0.717) is 16.7 Å². The fraction of sp³-hybridized carbons (Fsp3) is 0.467. The Balaban J connectivity index is 1.65. The summed E-state index contributed by atoms with van der Waals surface area (Å²) in [6.45, 7) is 4.27. The number of anilines is 1. The zero-order valence-electron chi connectivity index (χ0n) is 12.6. The third-order valence-electron chi connectivity index (χ3n) is 4.92. The molecule has 3 aromatic rings. The minimum absolute atomic E-state index is 0.585. The van der Waals surface area contributed by atoms with Crippen molar-refractivity contribution in [3.05, 3.63) is 23.6 Å². The standard InChI is InChI=1S/C15H16ClN7/c16-10-6-12-13(17-7-10)19-14(15-20-18-9-23(12)15)22-5-4-21-3-1-2-11(21)8-22/h6-7,9,11H,1-5,8H2. The highest BCUT2D eigenvalue weighted by Crippen LogP contribution is 2.28. The van der Waals surface area contributed by atoms with Crippen LogP contribution in [0.4, 0.5) is 5.82 Å². The van der Waals surface area contributed by atoms with Crippen LogP contribution in [0.2, 0.25) is 5.02 Å². The lowest BCUT2D eigenvalue weighted by atomic mass is 10.1. The first-order chi connectivity index (χ1) is 11.3. The van der Waals surface area contributed by atoms with Gasteiger partial charge in [-0.25, -0.2) is 9.97 Å². The van der Waals surface area contributed by atoms with E-state index in [1.807, 2.05) is 10.5 Å². The summed E-state index contributed by atoms with van der Waals surface area (Å²) >= 11 is 6.08. The number of rotatable bonds is 1. The van der Waals surface area contributed by atoms with Crippen LogP contribution in [0.3, 0.4) is 0 Å². The van der Waals surface area contributed by atoms with E-state index in [2.05, 4.69) is 25.0 Å². The molecule has 8 heteroatoms. The third kappa shape index (κ3) is 2.07. The van der Waals surface area contributed by atoms with Gasteiger partial charge in [0.2, 0.25) is 5.65 Å². The van der Waals surface area contributed by atoms with Crippen LogP contribution in [-0.4, -0.2) is 61.7 Å². The first-order valence-corrected chi connectivity index (χ1v) is 8.31. The van der Waals surface area contributed by atoms with E-state index in [0.717, 1.165) is 36.6 Å². The molecule has 118 valence electrons. The van der Waals surface area contributed by atoms with Gasteiger partial charge in [-0.1, -0.05) is 11.6 Å². The summed E-state index contributed by atoms with van der Waals surface area (Å²) in [4.78, 5) is 14.1. The lowest BCUT2D eigenvalue weighted by Crippen LogP contribution is -2.50. The lowest BCUT2D eigenvalue weighted by molar-refractivity contribution is 0.230. The maximum absolute atomic E-state index is 6.08. The molecule has 0 bridgehead atoms. The lowest BCUT2D eigenvalue weighted by Gasteiger charge is -2.38. The van der Waals surface area contributed by atoms with Crippen LogP contribution in [0.5, 0.6) is 0 Å². The largest absolute Gasteiger partial charge is 0.351 e. The summed E-state index contributed by atoms with van der Waals surface area (Å²) in [5.41, 5.74) is 2.28. The SMILES string of the molecule is Clc1cnc2nc(N3CCN4CCCC4C3)c3nncn3c2c1. The molecule has 0 aromatic carbocycles. The molecule has 7 nitrogen and oxygen atoms in total. The Morgan fingerprint density at radius 1 is 1.22 bits per heavy atom. The summed E-state index contributed by atoms with van der Waals surface area (Å²) in [5.74, 6) is 0.872. The number of hydrogen-bond donors (Lipinski definition) is 0. The van der Waals surface area contributed by atoms with E-state index in [4.69, 9.17) is 16.6 Å². The number of pyridine rings is 1. The van der Waals surface area contributed by atoms with Crippen LogP contribution < -0.4 is 4.90 Å². The van der Waals surface area contributed by atoms with Crippen LogP contribution in [0.25, 0.3) is 16.8 Å². The summed E-state index contributed by atoms with van der Waals surface area (Å²) in [6.07, 6.45) is 5.89. The molecule has 0 amide bonds. The second-order valence-corrected chi connectivity index (χ2v) is 6.67. The van der Waals surface area contributed by atoms with Gasteiger partial charge in [0.25, 0.3) is 0 Å². The van der Waals surface area contributed by atoms with Gasteiger partial charge < -0.3 is 4.90 Å². The summed E-state index contributed by atoms with van der Waals surface area (Å²) in [6, 6.07) is 2.48. The van der Waals surface area contributed by atoms with Gasteiger partial charge in [-0.05, 0) is 25.5 Å². The van der Waals surface area contributed by atoms with E-state index in [-0.39, 0.29) is 0 Å². The highest BCUT2D eigenvalue weighted by Gasteiger charge is 2.32. The number of hydrogen-bond acceptors (Lipinski definition) is 6. The van der Waals surface area contributed by atoms with Gasteiger partial charge in [0, 0.05) is 31.9 Å². The molecular weight excluding hydrogens is 314 g/mol. The molecule has 2 aliphatic heterocycles. The van der Waals surface area contributed by atoms with E-state index in [9.17, 15) is 0 Å². The van der Waals surface area contributed by atoms with E-state index >= 15 is 0 Å². The Kier molecular flexibility index (Phi) is 2.93. The molecule has 0 saturated carbocycles. The topological polar surface area (TPSA) is 62.5 Å². The van der Waals surface area contributed by atoms with Crippen molar-refractivity contribution in [2.75, 3.05) is 31.1 Å². The Hall–Kier alpha value is -1.99. The Morgan fingerprint density at radius 2 is 2.17 bits per heavy atom. The van der Waals surface area contributed by atoms with Gasteiger partial charge in [0.05, 0.1) is 10.5 Å². The van der Waals surface area contributed by atoms with Crippen molar-refractivity contribution >= 4 is 34.2 Å². The minimum Gasteiger partial charge on any atom is -0.351 e. The zero-order valence-corrected chi connectivity index (χ0v) is 13.3.